The quantitative estimate of drug-likeness (QED) is 0.286. The number of aromatic nitrogens is 3. The summed E-state index contributed by atoms with van der Waals surface area (Å²) < 4.78 is 33.2. The molecule has 37 heavy (non-hydrogen) atoms. The van der Waals surface area contributed by atoms with E-state index in [0.29, 0.717) is 17.3 Å². The fourth-order valence-corrected chi connectivity index (χ4v) is 7.68. The van der Waals surface area contributed by atoms with Crippen LogP contribution in [0.1, 0.15) is 59.6 Å². The summed E-state index contributed by atoms with van der Waals surface area (Å²) >= 11 is 10.6. The molecule has 1 saturated carbocycles. The molecule has 2 aromatic rings. The fraction of sp³-hybridized carbons (Fsp3) is 0.680. The molecule has 2 aromatic heterocycles. The number of anilines is 1. The molecule has 204 valence electrons. The molecule has 0 radical (unpaired) electrons. The minimum absolute atomic E-state index is 0.0950. The molecule has 3 aliphatic rings. The lowest BCUT2D eigenvalue weighted by Gasteiger charge is -2.41. The van der Waals surface area contributed by atoms with Gasteiger partial charge >= 0.3 is 0 Å². The normalized spacial score (nSPS) is 38.1. The van der Waals surface area contributed by atoms with Gasteiger partial charge in [0.05, 0.1) is 18.4 Å². The topological polar surface area (TPSA) is 102 Å². The number of rotatable bonds is 7. The molecular formula is C25H37N4O5PS2. The van der Waals surface area contributed by atoms with Crippen LogP contribution in [0, 0.1) is 5.92 Å². The van der Waals surface area contributed by atoms with Crippen LogP contribution >= 0.6 is 19.8 Å². The second-order valence-corrected chi connectivity index (χ2v) is 14.3. The van der Waals surface area contributed by atoms with E-state index >= 15 is 0 Å². The van der Waals surface area contributed by atoms with Gasteiger partial charge in [-0.2, -0.15) is 17.7 Å². The van der Waals surface area contributed by atoms with Gasteiger partial charge in [0.25, 0.3) is 0 Å². The van der Waals surface area contributed by atoms with Crippen LogP contribution < -0.4 is 5.73 Å². The molecule has 2 saturated heterocycles. The Hall–Kier alpha value is -1.04. The molecule has 1 unspecified atom stereocenters. The maximum Gasteiger partial charge on any atom is 0.176 e. The maximum absolute atomic E-state index is 6.62. The Balaban J connectivity index is 1.32. The highest BCUT2D eigenvalue weighted by Crippen LogP contribution is 2.50. The number of hydrogen-bond acceptors (Lipinski definition) is 10. The maximum atomic E-state index is 6.62. The van der Waals surface area contributed by atoms with E-state index in [4.69, 9.17) is 53.4 Å². The molecule has 3 fully saturated rings. The Morgan fingerprint density at radius 1 is 1.30 bits per heavy atom. The van der Waals surface area contributed by atoms with Crippen LogP contribution in [0.3, 0.4) is 0 Å². The van der Waals surface area contributed by atoms with Crippen LogP contribution in [-0.2, 0) is 40.7 Å². The smallest absolute Gasteiger partial charge is 0.176 e. The van der Waals surface area contributed by atoms with E-state index < -0.39 is 24.6 Å². The summed E-state index contributed by atoms with van der Waals surface area (Å²) in [6, 6.07) is 3.82. The molecule has 8 atom stereocenters. The van der Waals surface area contributed by atoms with Crippen molar-refractivity contribution >= 4 is 42.9 Å². The molecule has 5 rings (SSSR count). The van der Waals surface area contributed by atoms with E-state index in [9.17, 15) is 0 Å². The fourth-order valence-electron chi connectivity index (χ4n) is 5.78. The number of nitrogen functional groups attached to an aromatic ring is 1. The number of thiol groups is 1. The van der Waals surface area contributed by atoms with E-state index in [1.807, 2.05) is 32.9 Å². The molecule has 0 aromatic carbocycles. The Bertz CT molecular complexity index is 1220. The third-order valence-corrected chi connectivity index (χ3v) is 9.95. The van der Waals surface area contributed by atoms with Crippen LogP contribution in [-0.4, -0.2) is 56.2 Å². The van der Waals surface area contributed by atoms with Gasteiger partial charge in [0.15, 0.2) is 18.8 Å². The first kappa shape index (κ1) is 27.5. The lowest BCUT2D eigenvalue weighted by Crippen LogP contribution is -2.41. The summed E-state index contributed by atoms with van der Waals surface area (Å²) in [6.45, 7) is 14.3. The van der Waals surface area contributed by atoms with Gasteiger partial charge < -0.3 is 29.0 Å². The number of ether oxygens (including phenoxy) is 3. The van der Waals surface area contributed by atoms with Gasteiger partial charge in [0, 0.05) is 4.75 Å². The highest BCUT2D eigenvalue weighted by atomic mass is 32.4. The molecule has 0 spiro atoms. The lowest BCUT2D eigenvalue weighted by molar-refractivity contribution is -0.211. The SMILES string of the molecule is C=C(C)[C@H]1CC[C@@](C)(S)[C@H](O[PH](=S)OC[C@H]2O[C@@](C)(c3ccc4c(N)ncnn34)[C@@H]3OC(C)(C)O[C@@H]32)C1. The van der Waals surface area contributed by atoms with Gasteiger partial charge in [-0.15, -0.1) is 0 Å². The summed E-state index contributed by atoms with van der Waals surface area (Å²) in [4.78, 5) is 4.09. The largest absolute Gasteiger partial charge is 0.382 e. The van der Waals surface area contributed by atoms with Gasteiger partial charge in [-0.05, 0) is 83.7 Å². The summed E-state index contributed by atoms with van der Waals surface area (Å²) in [5.41, 5.74) is 7.88. The molecule has 12 heteroatoms. The van der Waals surface area contributed by atoms with E-state index in [1.54, 1.807) is 4.52 Å². The first-order valence-electron chi connectivity index (χ1n) is 12.6. The van der Waals surface area contributed by atoms with E-state index in [0.717, 1.165) is 25.0 Å². The van der Waals surface area contributed by atoms with E-state index in [1.165, 1.54) is 11.9 Å². The highest BCUT2D eigenvalue weighted by Gasteiger charge is 2.62. The van der Waals surface area contributed by atoms with E-state index in [-0.39, 0.29) is 29.7 Å². The van der Waals surface area contributed by atoms with Gasteiger partial charge in [0.2, 0.25) is 0 Å². The molecule has 4 heterocycles. The van der Waals surface area contributed by atoms with Crippen molar-refractivity contribution in [2.45, 2.75) is 94.4 Å². The van der Waals surface area contributed by atoms with Crippen LogP contribution in [0.25, 0.3) is 5.52 Å². The molecule has 0 bridgehead atoms. The Morgan fingerprint density at radius 2 is 2.05 bits per heavy atom. The van der Waals surface area contributed by atoms with Gasteiger partial charge in [0.1, 0.15) is 35.8 Å². The summed E-state index contributed by atoms with van der Waals surface area (Å²) in [5, 5.41) is 4.41. The zero-order valence-corrected chi connectivity index (χ0v) is 24.7. The minimum Gasteiger partial charge on any atom is -0.382 e. The standard InChI is InChI=1S/C25H37N4O5PS2/c1-14(2)15-9-10-24(5,36)19(11-15)34-35(37)30-12-17-20-21(33-23(3,4)32-20)25(6,31-17)18-8-7-16-22(26)27-13-28-29(16)18/h7-8,13,15,17,19-21,35-36H,1,9-12H2,2-6H3,(H2,26,27,28)/t15-,17+,19+,20+,21+,24+,25-/m0/s1. The number of fused-ring (bicyclic) bond motifs is 2. The van der Waals surface area contributed by atoms with Crippen molar-refractivity contribution in [2.24, 2.45) is 5.92 Å². The molecule has 0 amide bonds. The average molecular weight is 569 g/mol. The van der Waals surface area contributed by atoms with Crippen LogP contribution in [0.2, 0.25) is 0 Å². The Morgan fingerprint density at radius 3 is 2.78 bits per heavy atom. The second-order valence-electron chi connectivity index (χ2n) is 11.3. The van der Waals surface area contributed by atoms with Crippen molar-refractivity contribution in [3.63, 3.8) is 0 Å². The zero-order chi connectivity index (χ0) is 26.8. The zero-order valence-electron chi connectivity index (χ0n) is 22.0. The molecule has 1 aliphatic carbocycles. The average Bonchev–Trinajstić information content (AvgIpc) is 3.46. The first-order chi connectivity index (χ1) is 17.3. The van der Waals surface area contributed by atoms with E-state index in [2.05, 4.69) is 30.5 Å². The Labute approximate surface area is 229 Å². The summed E-state index contributed by atoms with van der Waals surface area (Å²) in [6.07, 6.45) is 3.03. The highest BCUT2D eigenvalue weighted by molar-refractivity contribution is 8.00. The van der Waals surface area contributed by atoms with Crippen molar-refractivity contribution in [3.8, 4) is 0 Å². The van der Waals surface area contributed by atoms with Gasteiger partial charge in [-0.25, -0.2) is 9.50 Å². The number of allylic oxidation sites excluding steroid dienone is 1. The number of nitrogens with two attached hydrogens (primary N) is 1. The summed E-state index contributed by atoms with van der Waals surface area (Å²) in [7, 11) is -1.99. The van der Waals surface area contributed by atoms with Gasteiger partial charge in [-0.3, -0.25) is 0 Å². The van der Waals surface area contributed by atoms with Gasteiger partial charge in [-0.1, -0.05) is 12.2 Å². The Kier molecular flexibility index (Phi) is 7.33. The molecule has 2 aliphatic heterocycles. The van der Waals surface area contributed by atoms with Crippen molar-refractivity contribution < 1.29 is 23.3 Å². The third-order valence-electron chi connectivity index (χ3n) is 7.92. The first-order valence-corrected chi connectivity index (χ1v) is 15.5. The number of nitrogens with zero attached hydrogens (tertiary/aromatic N) is 3. The van der Waals surface area contributed by atoms with Crippen molar-refractivity contribution in [3.05, 3.63) is 36.3 Å². The predicted octanol–water partition coefficient (Wildman–Crippen LogP) is 4.42. The van der Waals surface area contributed by atoms with Crippen molar-refractivity contribution in [2.75, 3.05) is 12.3 Å². The second kappa shape index (κ2) is 9.86. The molecule has 9 nitrogen and oxygen atoms in total. The van der Waals surface area contributed by atoms with Crippen LogP contribution in [0.4, 0.5) is 5.82 Å². The summed E-state index contributed by atoms with van der Waals surface area (Å²) in [5.74, 6) is 0.0352. The predicted molar refractivity (Wildman–Crippen MR) is 150 cm³/mol. The molecule has 2 N–H and O–H groups in total. The lowest BCUT2D eigenvalue weighted by atomic mass is 9.77. The van der Waals surface area contributed by atoms with Crippen LogP contribution in [0.5, 0.6) is 0 Å². The monoisotopic (exact) mass is 568 g/mol. The van der Waals surface area contributed by atoms with Crippen molar-refractivity contribution in [1.82, 2.24) is 14.6 Å². The number of hydrogen-bond donors (Lipinski definition) is 2. The van der Waals surface area contributed by atoms with Crippen LogP contribution in [0.15, 0.2) is 30.6 Å². The minimum atomic E-state index is -1.99. The third kappa shape index (κ3) is 5.14. The molecular weight excluding hydrogens is 531 g/mol. The van der Waals surface area contributed by atoms with Crippen molar-refractivity contribution in [1.29, 1.82) is 0 Å².